The van der Waals surface area contributed by atoms with Crippen molar-refractivity contribution in [3.8, 4) is 0 Å². The fraction of sp³-hybridized carbons (Fsp3) is 0.304. The first-order valence-corrected chi connectivity index (χ1v) is 11.7. The van der Waals surface area contributed by atoms with E-state index in [0.717, 1.165) is 17.0 Å². The van der Waals surface area contributed by atoms with Gasteiger partial charge in [-0.2, -0.15) is 0 Å². The lowest BCUT2D eigenvalue weighted by atomic mass is 10.2. The molecular weight excluding hydrogens is 396 g/mol. The summed E-state index contributed by atoms with van der Waals surface area (Å²) in [4.78, 5) is 11.1. The Morgan fingerprint density at radius 3 is 1.57 bits per heavy atom. The summed E-state index contributed by atoms with van der Waals surface area (Å²) in [6, 6.07) is 18.3. The number of rotatable bonds is 7. The van der Waals surface area contributed by atoms with E-state index in [9.17, 15) is 8.42 Å². The molecule has 0 radical (unpaired) electrons. The smallest absolute Gasteiger partial charge is 0.238 e. The molecule has 0 saturated carbocycles. The van der Waals surface area contributed by atoms with Crippen molar-refractivity contribution in [1.82, 2.24) is 14.9 Å². The monoisotopic (exact) mass is 428 g/mol. The van der Waals surface area contributed by atoms with E-state index in [4.69, 9.17) is 5.14 Å². The van der Waals surface area contributed by atoms with Crippen molar-refractivity contribution >= 4 is 10.0 Å². The second-order valence-corrected chi connectivity index (χ2v) is 7.54. The van der Waals surface area contributed by atoms with Crippen LogP contribution in [0.25, 0.3) is 0 Å². The molecule has 0 spiro atoms. The topological polar surface area (TPSA) is 89.2 Å². The van der Waals surface area contributed by atoms with Gasteiger partial charge < -0.3 is 0 Å². The van der Waals surface area contributed by atoms with Gasteiger partial charge in [-0.1, -0.05) is 52.0 Å². The third-order valence-electron chi connectivity index (χ3n) is 3.88. The van der Waals surface area contributed by atoms with Gasteiger partial charge in [-0.25, -0.2) is 13.6 Å². The van der Waals surface area contributed by atoms with Crippen molar-refractivity contribution < 1.29 is 8.42 Å². The Morgan fingerprint density at radius 2 is 1.20 bits per heavy atom. The SMILES string of the molecule is CC.CC.NS(=O)(=O)c1ccc(CN(Cc2ccccn2)Cc2ccccn2)cc1. The van der Waals surface area contributed by atoms with Crippen LogP contribution in [0.1, 0.15) is 44.6 Å². The van der Waals surface area contributed by atoms with Crippen LogP contribution in [0.4, 0.5) is 0 Å². The van der Waals surface area contributed by atoms with Gasteiger partial charge in [-0.15, -0.1) is 0 Å². The molecule has 0 atom stereocenters. The zero-order valence-electron chi connectivity index (χ0n) is 18.2. The molecule has 0 amide bonds. The number of primary sulfonamides is 1. The van der Waals surface area contributed by atoms with Crippen molar-refractivity contribution in [2.75, 3.05) is 0 Å². The van der Waals surface area contributed by atoms with Gasteiger partial charge >= 0.3 is 0 Å². The summed E-state index contributed by atoms with van der Waals surface area (Å²) in [6.45, 7) is 9.96. The summed E-state index contributed by atoms with van der Waals surface area (Å²) >= 11 is 0. The molecule has 30 heavy (non-hydrogen) atoms. The van der Waals surface area contributed by atoms with Crippen LogP contribution in [-0.2, 0) is 29.7 Å². The fourth-order valence-electron chi connectivity index (χ4n) is 2.65. The van der Waals surface area contributed by atoms with Gasteiger partial charge in [0, 0.05) is 32.0 Å². The van der Waals surface area contributed by atoms with Gasteiger partial charge in [-0.05, 0) is 42.0 Å². The fourth-order valence-corrected chi connectivity index (χ4v) is 3.17. The molecule has 1 aromatic carbocycles. The molecule has 6 nitrogen and oxygen atoms in total. The summed E-state index contributed by atoms with van der Waals surface area (Å²) < 4.78 is 22.8. The number of pyridine rings is 2. The minimum absolute atomic E-state index is 0.113. The lowest BCUT2D eigenvalue weighted by molar-refractivity contribution is 0.241. The summed E-state index contributed by atoms with van der Waals surface area (Å²) in [5, 5.41) is 5.16. The Hall–Kier alpha value is -2.61. The molecule has 2 heterocycles. The minimum atomic E-state index is -3.68. The van der Waals surface area contributed by atoms with Crippen molar-refractivity contribution in [2.24, 2.45) is 5.14 Å². The molecule has 2 aromatic heterocycles. The highest BCUT2D eigenvalue weighted by atomic mass is 32.2. The maximum atomic E-state index is 11.4. The molecule has 0 bridgehead atoms. The first-order valence-electron chi connectivity index (χ1n) is 10.1. The molecule has 0 saturated heterocycles. The predicted octanol–water partition coefficient (Wildman–Crippen LogP) is 4.38. The molecule has 0 aliphatic heterocycles. The van der Waals surface area contributed by atoms with Crippen LogP contribution in [0.2, 0.25) is 0 Å². The highest BCUT2D eigenvalue weighted by molar-refractivity contribution is 7.89. The molecule has 0 aliphatic rings. The third kappa shape index (κ3) is 8.82. The molecule has 3 aromatic rings. The highest BCUT2D eigenvalue weighted by Gasteiger charge is 2.11. The van der Waals surface area contributed by atoms with E-state index in [0.29, 0.717) is 19.6 Å². The maximum Gasteiger partial charge on any atom is 0.238 e. The Bertz CT molecular complexity index is 890. The second kappa shape index (κ2) is 13.6. The number of nitrogens with zero attached hydrogens (tertiary/aromatic N) is 3. The van der Waals surface area contributed by atoms with E-state index in [2.05, 4.69) is 14.9 Å². The van der Waals surface area contributed by atoms with E-state index in [-0.39, 0.29) is 4.90 Å². The predicted molar refractivity (Wildman–Crippen MR) is 122 cm³/mol. The van der Waals surface area contributed by atoms with Gasteiger partial charge in [-0.3, -0.25) is 14.9 Å². The number of hydrogen-bond acceptors (Lipinski definition) is 5. The van der Waals surface area contributed by atoms with Crippen LogP contribution in [-0.4, -0.2) is 23.3 Å². The molecule has 162 valence electrons. The van der Waals surface area contributed by atoms with Crippen molar-refractivity contribution in [2.45, 2.75) is 52.2 Å². The van der Waals surface area contributed by atoms with E-state index in [1.807, 2.05) is 64.1 Å². The normalized spacial score (nSPS) is 10.5. The minimum Gasteiger partial charge on any atom is -0.287 e. The molecule has 0 unspecified atom stereocenters. The Balaban J connectivity index is 0.00000106. The Morgan fingerprint density at radius 1 is 0.733 bits per heavy atom. The van der Waals surface area contributed by atoms with Crippen LogP contribution in [0.5, 0.6) is 0 Å². The molecule has 0 fully saturated rings. The van der Waals surface area contributed by atoms with Crippen LogP contribution in [0.15, 0.2) is 78.0 Å². The number of benzene rings is 1. The summed E-state index contributed by atoms with van der Waals surface area (Å²) in [6.07, 6.45) is 3.55. The molecule has 2 N–H and O–H groups in total. The van der Waals surface area contributed by atoms with Gasteiger partial charge in [0.1, 0.15) is 0 Å². The van der Waals surface area contributed by atoms with Crippen LogP contribution < -0.4 is 5.14 Å². The molecule has 0 aliphatic carbocycles. The number of sulfonamides is 1. The summed E-state index contributed by atoms with van der Waals surface area (Å²) in [7, 11) is -3.68. The molecule has 7 heteroatoms. The zero-order chi connectivity index (χ0) is 22.4. The largest absolute Gasteiger partial charge is 0.287 e. The van der Waals surface area contributed by atoms with Gasteiger partial charge in [0.2, 0.25) is 10.0 Å². The number of hydrogen-bond donors (Lipinski definition) is 1. The first-order chi connectivity index (χ1) is 14.5. The molecule has 3 rings (SSSR count). The third-order valence-corrected chi connectivity index (χ3v) is 4.81. The second-order valence-electron chi connectivity index (χ2n) is 5.98. The quantitative estimate of drug-likeness (QED) is 0.603. The van der Waals surface area contributed by atoms with Gasteiger partial charge in [0.05, 0.1) is 16.3 Å². The average Bonchev–Trinajstić information content (AvgIpc) is 2.78. The molecular formula is C23H32N4O2S. The standard InChI is InChI=1S/C19H20N4O2S.2C2H6/c20-26(24,25)19-9-7-16(8-10-19)13-23(14-17-5-1-3-11-21-17)15-18-6-2-4-12-22-18;2*1-2/h1-12H,13-15H2,(H2,20,24,25);2*1-2H3. The average molecular weight is 429 g/mol. The van der Waals surface area contributed by atoms with Crippen LogP contribution >= 0.6 is 0 Å². The maximum absolute atomic E-state index is 11.4. The first kappa shape index (κ1) is 25.4. The number of aromatic nitrogens is 2. The Labute approximate surface area is 180 Å². The van der Waals surface area contributed by atoms with Crippen molar-refractivity contribution in [3.05, 3.63) is 90.0 Å². The summed E-state index contributed by atoms with van der Waals surface area (Å²) in [5.74, 6) is 0. The van der Waals surface area contributed by atoms with Crippen LogP contribution in [0.3, 0.4) is 0 Å². The summed E-state index contributed by atoms with van der Waals surface area (Å²) in [5.41, 5.74) is 2.92. The van der Waals surface area contributed by atoms with Gasteiger partial charge in [0.15, 0.2) is 0 Å². The highest BCUT2D eigenvalue weighted by Crippen LogP contribution is 2.14. The van der Waals surface area contributed by atoms with E-state index < -0.39 is 10.0 Å². The lowest BCUT2D eigenvalue weighted by Crippen LogP contribution is -2.23. The van der Waals surface area contributed by atoms with E-state index in [1.54, 1.807) is 24.5 Å². The lowest BCUT2D eigenvalue weighted by Gasteiger charge is -2.22. The Kier molecular flexibility index (Phi) is 11.5. The number of nitrogens with two attached hydrogens (primary N) is 1. The van der Waals surface area contributed by atoms with Crippen molar-refractivity contribution in [3.63, 3.8) is 0 Å². The van der Waals surface area contributed by atoms with Gasteiger partial charge in [0.25, 0.3) is 0 Å². The van der Waals surface area contributed by atoms with E-state index in [1.165, 1.54) is 12.1 Å². The van der Waals surface area contributed by atoms with Crippen molar-refractivity contribution in [1.29, 1.82) is 0 Å². The zero-order valence-corrected chi connectivity index (χ0v) is 19.0. The van der Waals surface area contributed by atoms with E-state index >= 15 is 0 Å². The van der Waals surface area contributed by atoms with Crippen LogP contribution in [0, 0.1) is 0 Å².